The van der Waals surface area contributed by atoms with Gasteiger partial charge in [0.25, 0.3) is 5.69 Å². The standard InChI is InChI=1S/C15H24N4O2/c1-12(2)18-8-6-17(7-9-18)11-13-4-5-14(16-3)15(10-13)19(20)21/h4-5,10,12,16H,6-9,11H2,1-3H3. The van der Waals surface area contributed by atoms with Crippen LogP contribution in [-0.2, 0) is 6.54 Å². The highest BCUT2D eigenvalue weighted by Gasteiger charge is 2.20. The average Bonchev–Trinajstić information content (AvgIpc) is 2.47. The van der Waals surface area contributed by atoms with Crippen LogP contribution in [0.4, 0.5) is 11.4 Å². The molecule has 1 N–H and O–H groups in total. The van der Waals surface area contributed by atoms with E-state index in [4.69, 9.17) is 0 Å². The lowest BCUT2D eigenvalue weighted by Gasteiger charge is -2.36. The Morgan fingerprint density at radius 2 is 1.95 bits per heavy atom. The van der Waals surface area contributed by atoms with E-state index in [1.165, 1.54) is 0 Å². The molecule has 0 bridgehead atoms. The van der Waals surface area contributed by atoms with Gasteiger partial charge in [-0.05, 0) is 25.5 Å². The van der Waals surface area contributed by atoms with Gasteiger partial charge in [-0.1, -0.05) is 6.07 Å². The summed E-state index contributed by atoms with van der Waals surface area (Å²) in [4.78, 5) is 15.6. The number of nitro groups is 1. The van der Waals surface area contributed by atoms with Crippen LogP contribution in [0.2, 0.25) is 0 Å². The zero-order valence-corrected chi connectivity index (χ0v) is 13.0. The van der Waals surface area contributed by atoms with Gasteiger partial charge in [-0.15, -0.1) is 0 Å². The molecule has 0 amide bonds. The molecule has 0 saturated carbocycles. The molecule has 1 fully saturated rings. The van der Waals surface area contributed by atoms with E-state index in [0.717, 1.165) is 38.3 Å². The van der Waals surface area contributed by atoms with E-state index in [0.29, 0.717) is 11.7 Å². The maximum Gasteiger partial charge on any atom is 0.292 e. The first-order chi connectivity index (χ1) is 10.0. The van der Waals surface area contributed by atoms with Crippen LogP contribution in [0.15, 0.2) is 18.2 Å². The van der Waals surface area contributed by atoms with E-state index in [2.05, 4.69) is 29.0 Å². The van der Waals surface area contributed by atoms with Crippen LogP contribution in [0.25, 0.3) is 0 Å². The van der Waals surface area contributed by atoms with Crippen molar-refractivity contribution >= 4 is 11.4 Å². The van der Waals surface area contributed by atoms with Crippen molar-refractivity contribution in [3.63, 3.8) is 0 Å². The lowest BCUT2D eigenvalue weighted by molar-refractivity contribution is -0.384. The normalized spacial score (nSPS) is 17.1. The summed E-state index contributed by atoms with van der Waals surface area (Å²) in [5.74, 6) is 0. The van der Waals surface area contributed by atoms with Gasteiger partial charge in [0.2, 0.25) is 0 Å². The first-order valence-corrected chi connectivity index (χ1v) is 7.42. The first kappa shape index (κ1) is 15.7. The quantitative estimate of drug-likeness (QED) is 0.665. The van der Waals surface area contributed by atoms with Crippen molar-refractivity contribution in [3.8, 4) is 0 Å². The van der Waals surface area contributed by atoms with E-state index in [9.17, 15) is 10.1 Å². The summed E-state index contributed by atoms with van der Waals surface area (Å²) in [6.07, 6.45) is 0. The molecule has 1 heterocycles. The lowest BCUT2D eigenvalue weighted by Crippen LogP contribution is -2.48. The molecular formula is C15H24N4O2. The fourth-order valence-electron chi connectivity index (χ4n) is 2.73. The third-order valence-electron chi connectivity index (χ3n) is 4.07. The highest BCUT2D eigenvalue weighted by Crippen LogP contribution is 2.25. The van der Waals surface area contributed by atoms with E-state index in [1.54, 1.807) is 19.2 Å². The first-order valence-electron chi connectivity index (χ1n) is 7.42. The molecule has 0 radical (unpaired) electrons. The number of nitrogens with one attached hydrogen (secondary N) is 1. The van der Waals surface area contributed by atoms with Crippen LogP contribution in [0.1, 0.15) is 19.4 Å². The Labute approximate surface area is 125 Å². The maximum atomic E-state index is 11.1. The molecule has 0 atom stereocenters. The Morgan fingerprint density at radius 3 is 2.48 bits per heavy atom. The molecule has 0 unspecified atom stereocenters. The fourth-order valence-corrected chi connectivity index (χ4v) is 2.73. The number of rotatable bonds is 5. The van der Waals surface area contributed by atoms with E-state index in [1.807, 2.05) is 6.07 Å². The molecule has 1 aliphatic rings. The molecule has 0 spiro atoms. The molecule has 1 aliphatic heterocycles. The van der Waals surface area contributed by atoms with Gasteiger partial charge in [-0.25, -0.2) is 0 Å². The summed E-state index contributed by atoms with van der Waals surface area (Å²) in [6, 6.07) is 6.02. The zero-order valence-electron chi connectivity index (χ0n) is 13.0. The number of hydrogen-bond donors (Lipinski definition) is 1. The van der Waals surface area contributed by atoms with Gasteiger partial charge in [-0.3, -0.25) is 19.9 Å². The number of benzene rings is 1. The number of anilines is 1. The molecule has 6 nitrogen and oxygen atoms in total. The maximum absolute atomic E-state index is 11.1. The van der Waals surface area contributed by atoms with Crippen molar-refractivity contribution in [1.29, 1.82) is 0 Å². The van der Waals surface area contributed by atoms with Gasteiger partial charge in [-0.2, -0.15) is 0 Å². The summed E-state index contributed by atoms with van der Waals surface area (Å²) < 4.78 is 0. The van der Waals surface area contributed by atoms with Crippen LogP contribution in [0.3, 0.4) is 0 Å². The number of nitro benzene ring substituents is 1. The smallest absolute Gasteiger partial charge is 0.292 e. The molecule has 6 heteroatoms. The van der Waals surface area contributed by atoms with Crippen LogP contribution in [0.5, 0.6) is 0 Å². The topological polar surface area (TPSA) is 61.6 Å². The van der Waals surface area contributed by atoms with Crippen LogP contribution >= 0.6 is 0 Å². The van der Waals surface area contributed by atoms with Crippen molar-refractivity contribution < 1.29 is 4.92 Å². The third kappa shape index (κ3) is 3.92. The lowest BCUT2D eigenvalue weighted by atomic mass is 10.1. The monoisotopic (exact) mass is 292 g/mol. The van der Waals surface area contributed by atoms with E-state index in [-0.39, 0.29) is 10.6 Å². The molecule has 0 aliphatic carbocycles. The number of nitrogens with zero attached hydrogens (tertiary/aromatic N) is 3. The molecule has 1 saturated heterocycles. The summed E-state index contributed by atoms with van der Waals surface area (Å²) in [5.41, 5.74) is 1.71. The van der Waals surface area contributed by atoms with E-state index >= 15 is 0 Å². The van der Waals surface area contributed by atoms with Crippen molar-refractivity contribution in [3.05, 3.63) is 33.9 Å². The number of hydrogen-bond acceptors (Lipinski definition) is 5. The predicted molar refractivity (Wildman–Crippen MR) is 84.6 cm³/mol. The minimum absolute atomic E-state index is 0.149. The Balaban J connectivity index is 2.01. The minimum atomic E-state index is -0.327. The fraction of sp³-hybridized carbons (Fsp3) is 0.600. The SMILES string of the molecule is CNc1ccc(CN2CCN(C(C)C)CC2)cc1[N+](=O)[O-]. The second kappa shape index (κ2) is 6.87. The van der Waals surface area contributed by atoms with Crippen molar-refractivity contribution in [2.75, 3.05) is 38.5 Å². The second-order valence-electron chi connectivity index (χ2n) is 5.76. The zero-order chi connectivity index (χ0) is 15.4. The molecule has 116 valence electrons. The van der Waals surface area contributed by atoms with Crippen molar-refractivity contribution in [2.45, 2.75) is 26.4 Å². The van der Waals surface area contributed by atoms with Crippen LogP contribution in [0, 0.1) is 10.1 Å². The second-order valence-corrected chi connectivity index (χ2v) is 5.76. The van der Waals surface area contributed by atoms with Gasteiger partial charge < -0.3 is 5.32 Å². The molecule has 0 aromatic heterocycles. The summed E-state index contributed by atoms with van der Waals surface area (Å²) in [5, 5.41) is 14.0. The van der Waals surface area contributed by atoms with Gasteiger partial charge in [0.1, 0.15) is 5.69 Å². The Morgan fingerprint density at radius 1 is 1.29 bits per heavy atom. The van der Waals surface area contributed by atoms with Gasteiger partial charge in [0.15, 0.2) is 0 Å². The van der Waals surface area contributed by atoms with Crippen molar-refractivity contribution in [2.24, 2.45) is 0 Å². The van der Waals surface area contributed by atoms with Crippen molar-refractivity contribution in [1.82, 2.24) is 9.80 Å². The Kier molecular flexibility index (Phi) is 5.14. The highest BCUT2D eigenvalue weighted by molar-refractivity contribution is 5.62. The largest absolute Gasteiger partial charge is 0.383 e. The summed E-state index contributed by atoms with van der Waals surface area (Å²) in [7, 11) is 1.70. The summed E-state index contributed by atoms with van der Waals surface area (Å²) >= 11 is 0. The predicted octanol–water partition coefficient (Wildman–Crippen LogP) is 2.16. The van der Waals surface area contributed by atoms with Crippen LogP contribution < -0.4 is 5.32 Å². The van der Waals surface area contributed by atoms with Gasteiger partial charge in [0.05, 0.1) is 4.92 Å². The van der Waals surface area contributed by atoms with Gasteiger partial charge >= 0.3 is 0 Å². The van der Waals surface area contributed by atoms with E-state index < -0.39 is 0 Å². The Bertz CT molecular complexity index is 496. The molecule has 2 rings (SSSR count). The molecule has 21 heavy (non-hydrogen) atoms. The van der Waals surface area contributed by atoms with Gasteiger partial charge in [0, 0.05) is 51.9 Å². The third-order valence-corrected chi connectivity index (χ3v) is 4.07. The number of piperazine rings is 1. The summed E-state index contributed by atoms with van der Waals surface area (Å²) in [6.45, 7) is 9.37. The molecule has 1 aromatic carbocycles. The van der Waals surface area contributed by atoms with Crippen LogP contribution in [-0.4, -0.2) is 54.0 Å². The molecule has 1 aromatic rings. The Hall–Kier alpha value is -1.66. The minimum Gasteiger partial charge on any atom is -0.383 e. The average molecular weight is 292 g/mol. The molecular weight excluding hydrogens is 268 g/mol. The highest BCUT2D eigenvalue weighted by atomic mass is 16.6.